The fraction of sp³-hybridized carbons (Fsp3) is 0.318. The summed E-state index contributed by atoms with van der Waals surface area (Å²) in [6.45, 7) is 0.579. The molecule has 0 aliphatic heterocycles. The van der Waals surface area contributed by atoms with E-state index in [0.29, 0.717) is 29.7 Å². The number of alkyl halides is 3. The first kappa shape index (κ1) is 22.4. The first-order valence-corrected chi connectivity index (χ1v) is 10.2. The number of hydrogen-bond donors (Lipinski definition) is 1. The minimum absolute atomic E-state index is 0.0523. The molecule has 11 heteroatoms. The molecule has 2 aromatic carbocycles. The lowest BCUT2D eigenvalue weighted by atomic mass is 9.86. The summed E-state index contributed by atoms with van der Waals surface area (Å²) >= 11 is 0. The van der Waals surface area contributed by atoms with Gasteiger partial charge in [-0.2, -0.15) is 5.10 Å². The van der Waals surface area contributed by atoms with Gasteiger partial charge in [0.2, 0.25) is 0 Å². The Balaban J connectivity index is 1.56. The van der Waals surface area contributed by atoms with Crippen LogP contribution in [0.25, 0.3) is 5.69 Å². The Labute approximate surface area is 187 Å². The van der Waals surface area contributed by atoms with E-state index < -0.39 is 18.0 Å². The van der Waals surface area contributed by atoms with E-state index in [1.807, 2.05) is 0 Å². The Bertz CT molecular complexity index is 1120. The monoisotopic (exact) mass is 462 g/mol. The van der Waals surface area contributed by atoms with Crippen LogP contribution in [-0.2, 0) is 0 Å². The molecule has 4 rings (SSSR count). The minimum Gasteiger partial charge on any atom is -0.493 e. The molecule has 174 valence electrons. The quantitative estimate of drug-likeness (QED) is 0.526. The average Bonchev–Trinajstić information content (AvgIpc) is 3.26. The van der Waals surface area contributed by atoms with Gasteiger partial charge in [0, 0.05) is 11.6 Å². The summed E-state index contributed by atoms with van der Waals surface area (Å²) in [5.74, 6) is 0.375. The number of ether oxygens (including phenoxy) is 3. The number of halogens is 3. The van der Waals surface area contributed by atoms with Gasteiger partial charge in [-0.25, -0.2) is 9.67 Å². The molecular formula is C22H21F3N4O4. The number of anilines is 1. The Morgan fingerprint density at radius 2 is 2.00 bits per heavy atom. The molecule has 0 bridgehead atoms. The Morgan fingerprint density at radius 3 is 2.64 bits per heavy atom. The fourth-order valence-electron chi connectivity index (χ4n) is 3.33. The highest BCUT2D eigenvalue weighted by atomic mass is 19.4. The van der Waals surface area contributed by atoms with Crippen LogP contribution in [0.1, 0.15) is 29.6 Å². The Kier molecular flexibility index (Phi) is 6.38. The summed E-state index contributed by atoms with van der Waals surface area (Å²) in [5, 5.41) is 6.58. The van der Waals surface area contributed by atoms with Crippen molar-refractivity contribution in [3.05, 3.63) is 54.6 Å². The van der Waals surface area contributed by atoms with E-state index in [4.69, 9.17) is 9.47 Å². The van der Waals surface area contributed by atoms with Crippen molar-refractivity contribution in [2.24, 2.45) is 5.92 Å². The van der Waals surface area contributed by atoms with Crippen molar-refractivity contribution in [1.82, 2.24) is 14.8 Å². The number of carbonyl (C=O) groups is 1. The van der Waals surface area contributed by atoms with Gasteiger partial charge in [0.15, 0.2) is 11.5 Å². The highest BCUT2D eigenvalue weighted by Crippen LogP contribution is 2.33. The summed E-state index contributed by atoms with van der Waals surface area (Å²) in [4.78, 5) is 16.7. The molecule has 1 saturated carbocycles. The molecule has 1 amide bonds. The van der Waals surface area contributed by atoms with Crippen LogP contribution in [0.5, 0.6) is 17.2 Å². The third kappa shape index (κ3) is 5.54. The van der Waals surface area contributed by atoms with Crippen molar-refractivity contribution in [1.29, 1.82) is 0 Å². The molecule has 0 atom stereocenters. The van der Waals surface area contributed by atoms with E-state index in [0.717, 1.165) is 25.0 Å². The first-order chi connectivity index (χ1) is 15.8. The third-order valence-electron chi connectivity index (χ3n) is 5.24. The van der Waals surface area contributed by atoms with Gasteiger partial charge in [-0.15, -0.1) is 13.2 Å². The van der Waals surface area contributed by atoms with Crippen LogP contribution in [0.2, 0.25) is 0 Å². The SMILES string of the molecule is COc1cc(C(=O)Nc2cc(OC(F)(F)F)ccc2-n2cncn2)ccc1OCC1CCC1. The number of nitrogens with zero attached hydrogens (tertiary/aromatic N) is 3. The summed E-state index contributed by atoms with van der Waals surface area (Å²) in [7, 11) is 1.47. The van der Waals surface area contributed by atoms with E-state index in [2.05, 4.69) is 20.1 Å². The van der Waals surface area contributed by atoms with Gasteiger partial charge >= 0.3 is 6.36 Å². The van der Waals surface area contributed by atoms with Gasteiger partial charge in [-0.1, -0.05) is 6.42 Å². The number of nitrogens with one attached hydrogen (secondary N) is 1. The second-order valence-electron chi connectivity index (χ2n) is 7.49. The van der Waals surface area contributed by atoms with Gasteiger partial charge in [-0.3, -0.25) is 4.79 Å². The second-order valence-corrected chi connectivity index (χ2v) is 7.49. The number of rotatable bonds is 8. The standard InChI is InChI=1S/C22H21F3N4O4/c1-31-20-9-15(5-8-19(20)32-11-14-3-2-4-14)21(30)28-17-10-16(33-22(23,24)25)6-7-18(17)29-13-26-12-27-29/h5-10,12-14H,2-4,11H2,1H3,(H,28,30). The van der Waals surface area contributed by atoms with Crippen LogP contribution in [0.3, 0.4) is 0 Å². The van der Waals surface area contributed by atoms with Crippen molar-refractivity contribution >= 4 is 11.6 Å². The molecule has 3 aromatic rings. The molecule has 0 saturated heterocycles. The highest BCUT2D eigenvalue weighted by molar-refractivity contribution is 6.05. The van der Waals surface area contributed by atoms with E-state index in [9.17, 15) is 18.0 Å². The topological polar surface area (TPSA) is 87.5 Å². The molecule has 1 aliphatic rings. The zero-order chi connectivity index (χ0) is 23.4. The normalized spacial score (nSPS) is 13.8. The minimum atomic E-state index is -4.88. The van der Waals surface area contributed by atoms with Crippen LogP contribution in [0.15, 0.2) is 49.1 Å². The lowest BCUT2D eigenvalue weighted by Crippen LogP contribution is -2.19. The molecule has 33 heavy (non-hydrogen) atoms. The molecular weight excluding hydrogens is 441 g/mol. The van der Waals surface area contributed by atoms with E-state index in [1.165, 1.54) is 43.0 Å². The molecule has 1 fully saturated rings. The Morgan fingerprint density at radius 1 is 1.18 bits per heavy atom. The zero-order valence-electron chi connectivity index (χ0n) is 17.6. The summed E-state index contributed by atoms with van der Waals surface area (Å²) in [6.07, 6.45) is 1.21. The highest BCUT2D eigenvalue weighted by Gasteiger charge is 2.31. The van der Waals surface area contributed by atoms with Crippen LogP contribution in [0.4, 0.5) is 18.9 Å². The summed E-state index contributed by atoms with van der Waals surface area (Å²) in [5.41, 5.74) is 0.592. The van der Waals surface area contributed by atoms with Crippen molar-refractivity contribution in [2.45, 2.75) is 25.6 Å². The largest absolute Gasteiger partial charge is 0.573 e. The van der Waals surface area contributed by atoms with E-state index >= 15 is 0 Å². The van der Waals surface area contributed by atoms with Crippen LogP contribution >= 0.6 is 0 Å². The van der Waals surface area contributed by atoms with Crippen molar-refractivity contribution in [2.75, 3.05) is 19.0 Å². The molecule has 0 unspecified atom stereocenters. The second kappa shape index (κ2) is 9.39. The maximum absolute atomic E-state index is 12.9. The molecule has 1 heterocycles. The van der Waals surface area contributed by atoms with Crippen LogP contribution in [0, 0.1) is 5.92 Å². The Hall–Kier alpha value is -3.76. The summed E-state index contributed by atoms with van der Waals surface area (Å²) in [6, 6.07) is 8.22. The third-order valence-corrected chi connectivity index (χ3v) is 5.24. The number of benzene rings is 2. The van der Waals surface area contributed by atoms with Gasteiger partial charge in [0.05, 0.1) is 25.1 Å². The van der Waals surface area contributed by atoms with Crippen molar-refractivity contribution < 1.29 is 32.2 Å². The van der Waals surface area contributed by atoms with E-state index in [-0.39, 0.29) is 11.3 Å². The smallest absolute Gasteiger partial charge is 0.493 e. The maximum atomic E-state index is 12.9. The van der Waals surface area contributed by atoms with Crippen molar-refractivity contribution in [3.63, 3.8) is 0 Å². The zero-order valence-corrected chi connectivity index (χ0v) is 17.6. The van der Waals surface area contributed by atoms with Gasteiger partial charge in [0.25, 0.3) is 5.91 Å². The lowest BCUT2D eigenvalue weighted by Gasteiger charge is -2.25. The van der Waals surface area contributed by atoms with Gasteiger partial charge in [0.1, 0.15) is 18.4 Å². The number of aromatic nitrogens is 3. The predicted octanol–water partition coefficient (Wildman–Crippen LogP) is 4.61. The predicted molar refractivity (Wildman–Crippen MR) is 112 cm³/mol. The number of amides is 1. The first-order valence-electron chi connectivity index (χ1n) is 10.2. The van der Waals surface area contributed by atoms with Crippen LogP contribution < -0.4 is 19.5 Å². The molecule has 0 spiro atoms. The fourth-order valence-corrected chi connectivity index (χ4v) is 3.33. The van der Waals surface area contributed by atoms with E-state index in [1.54, 1.807) is 12.1 Å². The lowest BCUT2D eigenvalue weighted by molar-refractivity contribution is -0.274. The molecule has 8 nitrogen and oxygen atoms in total. The molecule has 1 N–H and O–H groups in total. The number of carbonyl (C=O) groups excluding carboxylic acids is 1. The van der Waals surface area contributed by atoms with Crippen molar-refractivity contribution in [3.8, 4) is 22.9 Å². The van der Waals surface area contributed by atoms with Gasteiger partial charge < -0.3 is 19.5 Å². The number of methoxy groups -OCH3 is 1. The van der Waals surface area contributed by atoms with Crippen LogP contribution in [-0.4, -0.2) is 40.8 Å². The number of hydrogen-bond acceptors (Lipinski definition) is 6. The maximum Gasteiger partial charge on any atom is 0.573 e. The molecule has 0 radical (unpaired) electrons. The summed E-state index contributed by atoms with van der Waals surface area (Å²) < 4.78 is 54.5. The van der Waals surface area contributed by atoms with Gasteiger partial charge in [-0.05, 0) is 49.1 Å². The molecule has 1 aromatic heterocycles. The average molecular weight is 462 g/mol. The molecule has 1 aliphatic carbocycles.